The van der Waals surface area contributed by atoms with Gasteiger partial charge in [0, 0.05) is 11.9 Å². The van der Waals surface area contributed by atoms with E-state index in [1.54, 1.807) is 0 Å². The zero-order valence-corrected chi connectivity index (χ0v) is 14.6. The highest BCUT2D eigenvalue weighted by molar-refractivity contribution is 5.98. The van der Waals surface area contributed by atoms with Crippen molar-refractivity contribution < 1.29 is 4.79 Å². The third-order valence-electron chi connectivity index (χ3n) is 4.79. The van der Waals surface area contributed by atoms with Crippen molar-refractivity contribution in [1.82, 2.24) is 15.2 Å². The Kier molecular flexibility index (Phi) is 5.81. The average Bonchev–Trinajstić information content (AvgIpc) is 2.86. The van der Waals surface area contributed by atoms with Crippen molar-refractivity contribution in [3.63, 3.8) is 0 Å². The standard InChI is InChI=1S/C20H27N3O/c1-16-18(15-17-9-4-5-10-19(17)22-16)20(24)21-11-8-14-23-12-6-2-3-7-13-23/h4-5,9-10,15H,2-3,6-8,11-14H2,1H3,(H,21,24). The Hall–Kier alpha value is -1.94. The molecule has 0 bridgehead atoms. The summed E-state index contributed by atoms with van der Waals surface area (Å²) in [6, 6.07) is 9.87. The molecule has 0 atom stereocenters. The fourth-order valence-electron chi connectivity index (χ4n) is 3.40. The molecule has 0 radical (unpaired) electrons. The molecule has 3 rings (SSSR count). The van der Waals surface area contributed by atoms with Gasteiger partial charge in [0.2, 0.25) is 0 Å². The Labute approximate surface area is 144 Å². The van der Waals surface area contributed by atoms with Gasteiger partial charge in [0.1, 0.15) is 0 Å². The van der Waals surface area contributed by atoms with Gasteiger partial charge in [-0.25, -0.2) is 0 Å². The van der Waals surface area contributed by atoms with Gasteiger partial charge in [0.25, 0.3) is 5.91 Å². The van der Waals surface area contributed by atoms with E-state index in [1.807, 2.05) is 37.3 Å². The predicted molar refractivity (Wildman–Crippen MR) is 98.3 cm³/mol. The molecule has 0 unspecified atom stereocenters. The van der Waals surface area contributed by atoms with Crippen molar-refractivity contribution >= 4 is 16.8 Å². The van der Waals surface area contributed by atoms with Crippen LogP contribution in [0.3, 0.4) is 0 Å². The number of nitrogens with zero attached hydrogens (tertiary/aromatic N) is 2. The van der Waals surface area contributed by atoms with Gasteiger partial charge in [-0.2, -0.15) is 0 Å². The van der Waals surface area contributed by atoms with Crippen LogP contribution in [0, 0.1) is 6.92 Å². The summed E-state index contributed by atoms with van der Waals surface area (Å²) in [7, 11) is 0. The Morgan fingerprint density at radius 1 is 1.17 bits per heavy atom. The molecule has 1 aliphatic rings. The van der Waals surface area contributed by atoms with E-state index in [0.29, 0.717) is 5.56 Å². The van der Waals surface area contributed by atoms with Crippen LogP contribution in [0.2, 0.25) is 0 Å². The van der Waals surface area contributed by atoms with Crippen molar-refractivity contribution in [1.29, 1.82) is 0 Å². The first-order valence-corrected chi connectivity index (χ1v) is 9.11. The van der Waals surface area contributed by atoms with E-state index in [4.69, 9.17) is 0 Å². The topological polar surface area (TPSA) is 45.2 Å². The van der Waals surface area contributed by atoms with Crippen LogP contribution in [0.1, 0.15) is 48.2 Å². The molecular formula is C20H27N3O. The second-order valence-electron chi connectivity index (χ2n) is 6.68. The molecule has 1 aliphatic heterocycles. The Morgan fingerprint density at radius 2 is 1.92 bits per heavy atom. The summed E-state index contributed by atoms with van der Waals surface area (Å²) in [4.78, 5) is 19.5. The summed E-state index contributed by atoms with van der Waals surface area (Å²) in [5.41, 5.74) is 2.41. The predicted octanol–water partition coefficient (Wildman–Crippen LogP) is 3.54. The second-order valence-corrected chi connectivity index (χ2v) is 6.68. The number of likely N-dealkylation sites (tertiary alicyclic amines) is 1. The highest BCUT2D eigenvalue weighted by Gasteiger charge is 2.12. The third kappa shape index (κ3) is 4.32. The van der Waals surface area contributed by atoms with Crippen molar-refractivity contribution in [2.45, 2.75) is 39.0 Å². The lowest BCUT2D eigenvalue weighted by Gasteiger charge is -2.19. The SMILES string of the molecule is Cc1nc2ccccc2cc1C(=O)NCCCN1CCCCCC1. The number of rotatable bonds is 5. The molecule has 24 heavy (non-hydrogen) atoms. The molecular weight excluding hydrogens is 298 g/mol. The van der Waals surface area contributed by atoms with Gasteiger partial charge < -0.3 is 10.2 Å². The van der Waals surface area contributed by atoms with E-state index < -0.39 is 0 Å². The highest BCUT2D eigenvalue weighted by Crippen LogP contribution is 2.16. The van der Waals surface area contributed by atoms with E-state index in [2.05, 4.69) is 15.2 Å². The molecule has 128 valence electrons. The largest absolute Gasteiger partial charge is 0.352 e. The summed E-state index contributed by atoms with van der Waals surface area (Å²) in [6.45, 7) is 6.12. The number of para-hydroxylation sites is 1. The first-order valence-electron chi connectivity index (χ1n) is 9.11. The van der Waals surface area contributed by atoms with Gasteiger partial charge in [-0.15, -0.1) is 0 Å². The van der Waals surface area contributed by atoms with Crippen molar-refractivity contribution in [2.75, 3.05) is 26.2 Å². The maximum atomic E-state index is 12.5. The zero-order chi connectivity index (χ0) is 16.8. The van der Waals surface area contributed by atoms with Crippen LogP contribution in [-0.4, -0.2) is 42.0 Å². The smallest absolute Gasteiger partial charge is 0.253 e. The minimum absolute atomic E-state index is 0.0124. The molecule has 1 N–H and O–H groups in total. The first-order chi connectivity index (χ1) is 11.7. The van der Waals surface area contributed by atoms with Crippen LogP contribution in [-0.2, 0) is 0 Å². The van der Waals surface area contributed by atoms with Gasteiger partial charge in [0.15, 0.2) is 0 Å². The zero-order valence-electron chi connectivity index (χ0n) is 14.6. The van der Waals surface area contributed by atoms with Crippen LogP contribution in [0.25, 0.3) is 10.9 Å². The molecule has 0 spiro atoms. The molecule has 1 saturated heterocycles. The molecule has 1 aromatic carbocycles. The second kappa shape index (κ2) is 8.25. The highest BCUT2D eigenvalue weighted by atomic mass is 16.1. The molecule has 4 heteroatoms. The quantitative estimate of drug-likeness (QED) is 0.855. The monoisotopic (exact) mass is 325 g/mol. The summed E-state index contributed by atoms with van der Waals surface area (Å²) in [5.74, 6) is -0.0124. The third-order valence-corrected chi connectivity index (χ3v) is 4.79. The number of nitrogens with one attached hydrogen (secondary N) is 1. The van der Waals surface area contributed by atoms with E-state index in [-0.39, 0.29) is 5.91 Å². The number of hydrogen-bond acceptors (Lipinski definition) is 3. The lowest BCUT2D eigenvalue weighted by Crippen LogP contribution is -2.31. The molecule has 2 heterocycles. The molecule has 0 saturated carbocycles. The summed E-state index contributed by atoms with van der Waals surface area (Å²) >= 11 is 0. The van der Waals surface area contributed by atoms with Gasteiger partial charge in [-0.05, 0) is 58.0 Å². The number of fused-ring (bicyclic) bond motifs is 1. The molecule has 1 amide bonds. The van der Waals surface area contributed by atoms with Gasteiger partial charge in [-0.1, -0.05) is 31.0 Å². The minimum Gasteiger partial charge on any atom is -0.352 e. The number of aromatic nitrogens is 1. The van der Waals surface area contributed by atoms with Crippen molar-refractivity contribution in [3.05, 3.63) is 41.6 Å². The Balaban J connectivity index is 1.52. The molecule has 1 fully saturated rings. The van der Waals surface area contributed by atoms with Crippen LogP contribution < -0.4 is 5.32 Å². The summed E-state index contributed by atoms with van der Waals surface area (Å²) < 4.78 is 0. The van der Waals surface area contributed by atoms with Gasteiger partial charge in [-0.3, -0.25) is 9.78 Å². The molecule has 0 aliphatic carbocycles. The van der Waals surface area contributed by atoms with Gasteiger partial charge in [0.05, 0.1) is 16.8 Å². The summed E-state index contributed by atoms with van der Waals surface area (Å²) in [6.07, 6.45) is 6.36. The number of carbonyl (C=O) groups is 1. The fraction of sp³-hybridized carbons (Fsp3) is 0.500. The number of aryl methyl sites for hydroxylation is 1. The maximum Gasteiger partial charge on any atom is 0.253 e. The number of amides is 1. The number of benzene rings is 1. The number of carbonyl (C=O) groups excluding carboxylic acids is 1. The number of hydrogen-bond donors (Lipinski definition) is 1. The van der Waals surface area contributed by atoms with Gasteiger partial charge >= 0.3 is 0 Å². The lowest BCUT2D eigenvalue weighted by atomic mass is 10.1. The Bertz CT molecular complexity index is 690. The molecule has 2 aromatic rings. The van der Waals surface area contributed by atoms with Crippen LogP contribution in [0.15, 0.2) is 30.3 Å². The van der Waals surface area contributed by atoms with E-state index in [1.165, 1.54) is 38.8 Å². The molecule has 1 aromatic heterocycles. The van der Waals surface area contributed by atoms with Crippen LogP contribution >= 0.6 is 0 Å². The Morgan fingerprint density at radius 3 is 2.71 bits per heavy atom. The van der Waals surface area contributed by atoms with E-state index in [0.717, 1.165) is 36.1 Å². The fourth-order valence-corrected chi connectivity index (χ4v) is 3.40. The normalized spacial score (nSPS) is 16.0. The number of pyridine rings is 1. The lowest BCUT2D eigenvalue weighted by molar-refractivity contribution is 0.0951. The van der Waals surface area contributed by atoms with Crippen LogP contribution in [0.5, 0.6) is 0 Å². The van der Waals surface area contributed by atoms with E-state index >= 15 is 0 Å². The van der Waals surface area contributed by atoms with Crippen molar-refractivity contribution in [3.8, 4) is 0 Å². The average molecular weight is 325 g/mol. The van der Waals surface area contributed by atoms with Crippen molar-refractivity contribution in [2.24, 2.45) is 0 Å². The first kappa shape index (κ1) is 16.9. The maximum absolute atomic E-state index is 12.5. The minimum atomic E-state index is -0.0124. The van der Waals surface area contributed by atoms with Crippen LogP contribution in [0.4, 0.5) is 0 Å². The van der Waals surface area contributed by atoms with E-state index in [9.17, 15) is 4.79 Å². The molecule has 4 nitrogen and oxygen atoms in total. The summed E-state index contributed by atoms with van der Waals surface area (Å²) in [5, 5.41) is 4.07.